The zero-order chi connectivity index (χ0) is 18.7. The molecular weight excluding hydrogens is 324 g/mol. The summed E-state index contributed by atoms with van der Waals surface area (Å²) in [7, 11) is 0. The van der Waals surface area contributed by atoms with E-state index in [0.29, 0.717) is 23.0 Å². The van der Waals surface area contributed by atoms with Crippen LogP contribution in [0.3, 0.4) is 0 Å². The van der Waals surface area contributed by atoms with Crippen molar-refractivity contribution >= 4 is 5.78 Å². The summed E-state index contributed by atoms with van der Waals surface area (Å²) in [6.45, 7) is 7.23. The second-order valence-electron chi connectivity index (χ2n) is 11.0. The van der Waals surface area contributed by atoms with Gasteiger partial charge in [0.1, 0.15) is 5.78 Å². The minimum Gasteiger partial charge on any atom is -0.396 e. The van der Waals surface area contributed by atoms with Crippen molar-refractivity contribution in [3.8, 4) is 0 Å². The normalized spacial score (nSPS) is 48.7. The maximum atomic E-state index is 12.0. The molecule has 4 rings (SSSR count). The van der Waals surface area contributed by atoms with Crippen LogP contribution in [0.1, 0.15) is 78.6 Å². The molecule has 0 unspecified atom stereocenters. The standard InChI is InChI=1S/C23H38O3/c1-21(13-24,14-25)20-7-6-18-17-5-4-15-12-16(26)8-10-22(15,2)19(17)9-11-23(18,20)3/h15,17-20,24-25H,4-14H2,1-3H3/t15-,17+,18+,19+,20-,22+,23+/m1/s1. The fraction of sp³-hybridized carbons (Fsp3) is 0.957. The summed E-state index contributed by atoms with van der Waals surface area (Å²) >= 11 is 0. The summed E-state index contributed by atoms with van der Waals surface area (Å²) in [5, 5.41) is 20.0. The van der Waals surface area contributed by atoms with Gasteiger partial charge in [-0.3, -0.25) is 4.79 Å². The second kappa shape index (κ2) is 6.30. The lowest BCUT2D eigenvalue weighted by atomic mass is 9.44. The lowest BCUT2D eigenvalue weighted by molar-refractivity contribution is -0.144. The number of aliphatic hydroxyl groups is 2. The molecule has 0 amide bonds. The summed E-state index contributed by atoms with van der Waals surface area (Å²) in [6, 6.07) is 0. The topological polar surface area (TPSA) is 57.5 Å². The predicted molar refractivity (Wildman–Crippen MR) is 103 cm³/mol. The Hall–Kier alpha value is -0.410. The van der Waals surface area contributed by atoms with Crippen molar-refractivity contribution in [2.75, 3.05) is 13.2 Å². The number of aliphatic hydroxyl groups excluding tert-OH is 2. The van der Waals surface area contributed by atoms with Crippen LogP contribution in [-0.2, 0) is 4.79 Å². The number of hydrogen-bond acceptors (Lipinski definition) is 3. The molecule has 0 aromatic rings. The third-order valence-corrected chi connectivity index (χ3v) is 10.0. The molecule has 3 heteroatoms. The van der Waals surface area contributed by atoms with Gasteiger partial charge in [-0.25, -0.2) is 0 Å². The van der Waals surface area contributed by atoms with Crippen molar-refractivity contribution in [2.24, 2.45) is 45.8 Å². The summed E-state index contributed by atoms with van der Waals surface area (Å²) in [6.07, 6.45) is 10.2. The van der Waals surface area contributed by atoms with E-state index in [1.54, 1.807) is 0 Å². The molecular formula is C23H38O3. The van der Waals surface area contributed by atoms with Gasteiger partial charge in [0.05, 0.1) is 13.2 Å². The largest absolute Gasteiger partial charge is 0.396 e. The van der Waals surface area contributed by atoms with E-state index >= 15 is 0 Å². The molecule has 4 aliphatic rings. The Morgan fingerprint density at radius 1 is 0.962 bits per heavy atom. The molecule has 0 aromatic heterocycles. The molecule has 26 heavy (non-hydrogen) atoms. The number of fused-ring (bicyclic) bond motifs is 5. The van der Waals surface area contributed by atoms with Gasteiger partial charge in [0.25, 0.3) is 0 Å². The van der Waals surface area contributed by atoms with Crippen LogP contribution in [0.5, 0.6) is 0 Å². The molecule has 0 aliphatic heterocycles. The van der Waals surface area contributed by atoms with Gasteiger partial charge >= 0.3 is 0 Å². The average Bonchev–Trinajstić information content (AvgIpc) is 2.99. The molecule has 2 N–H and O–H groups in total. The summed E-state index contributed by atoms with van der Waals surface area (Å²) < 4.78 is 0. The van der Waals surface area contributed by atoms with Crippen molar-refractivity contribution < 1.29 is 15.0 Å². The fourth-order valence-electron chi connectivity index (χ4n) is 8.46. The van der Waals surface area contributed by atoms with E-state index in [2.05, 4.69) is 20.8 Å². The summed E-state index contributed by atoms with van der Waals surface area (Å²) in [5.41, 5.74) is 0.275. The third kappa shape index (κ3) is 2.49. The van der Waals surface area contributed by atoms with Crippen LogP contribution in [0.2, 0.25) is 0 Å². The van der Waals surface area contributed by atoms with Gasteiger partial charge in [0, 0.05) is 18.3 Å². The minimum absolute atomic E-state index is 0.0898. The first kappa shape index (κ1) is 18.9. The Labute approximate surface area is 158 Å². The van der Waals surface area contributed by atoms with Crippen molar-refractivity contribution in [3.05, 3.63) is 0 Å². The van der Waals surface area contributed by atoms with Crippen LogP contribution < -0.4 is 0 Å². The van der Waals surface area contributed by atoms with Crippen LogP contribution in [0.25, 0.3) is 0 Å². The van der Waals surface area contributed by atoms with Crippen LogP contribution in [0.15, 0.2) is 0 Å². The highest BCUT2D eigenvalue weighted by molar-refractivity contribution is 5.79. The van der Waals surface area contributed by atoms with Crippen LogP contribution in [0, 0.1) is 45.8 Å². The van der Waals surface area contributed by atoms with Gasteiger partial charge in [-0.05, 0) is 85.4 Å². The smallest absolute Gasteiger partial charge is 0.133 e. The molecule has 4 aliphatic carbocycles. The maximum absolute atomic E-state index is 12.0. The second-order valence-corrected chi connectivity index (χ2v) is 11.0. The molecule has 0 radical (unpaired) electrons. The lowest BCUT2D eigenvalue weighted by Crippen LogP contribution is -2.55. The number of hydrogen-bond donors (Lipinski definition) is 2. The molecule has 3 nitrogen and oxygen atoms in total. The van der Waals surface area contributed by atoms with Crippen molar-refractivity contribution in [1.29, 1.82) is 0 Å². The predicted octanol–water partition coefficient (Wildman–Crippen LogP) is 4.21. The number of ketones is 1. The highest BCUT2D eigenvalue weighted by Crippen LogP contribution is 2.69. The lowest BCUT2D eigenvalue weighted by Gasteiger charge is -2.61. The van der Waals surface area contributed by atoms with Crippen molar-refractivity contribution in [1.82, 2.24) is 0 Å². The Morgan fingerprint density at radius 3 is 2.35 bits per heavy atom. The van der Waals surface area contributed by atoms with Crippen LogP contribution in [0.4, 0.5) is 0 Å². The van der Waals surface area contributed by atoms with E-state index < -0.39 is 0 Å². The molecule has 4 fully saturated rings. The van der Waals surface area contributed by atoms with Crippen LogP contribution >= 0.6 is 0 Å². The first-order valence-corrected chi connectivity index (χ1v) is 11.0. The highest BCUT2D eigenvalue weighted by atomic mass is 16.3. The molecule has 0 aromatic carbocycles. The Morgan fingerprint density at radius 2 is 1.65 bits per heavy atom. The molecule has 7 atom stereocenters. The van der Waals surface area contributed by atoms with Crippen molar-refractivity contribution in [3.63, 3.8) is 0 Å². The molecule has 0 heterocycles. The molecule has 0 saturated heterocycles. The van der Waals surface area contributed by atoms with E-state index in [1.165, 1.54) is 32.1 Å². The summed E-state index contributed by atoms with van der Waals surface area (Å²) in [4.78, 5) is 12.0. The first-order chi connectivity index (χ1) is 12.3. The van der Waals surface area contributed by atoms with Gasteiger partial charge < -0.3 is 10.2 Å². The van der Waals surface area contributed by atoms with Gasteiger partial charge in [-0.15, -0.1) is 0 Å². The molecule has 0 bridgehead atoms. The SMILES string of the molecule is CC(CO)(CO)[C@H]1CC[C@H]2[C@@H]3CC[C@@H]4CC(=O)CC[C@]4(C)[C@H]3CC[C@]12C. The summed E-state index contributed by atoms with van der Waals surface area (Å²) in [5.74, 6) is 3.84. The first-order valence-electron chi connectivity index (χ1n) is 11.0. The van der Waals surface area contributed by atoms with Gasteiger partial charge in [-0.1, -0.05) is 20.8 Å². The van der Waals surface area contributed by atoms with Gasteiger partial charge in [-0.2, -0.15) is 0 Å². The van der Waals surface area contributed by atoms with Crippen molar-refractivity contribution in [2.45, 2.75) is 78.6 Å². The monoisotopic (exact) mass is 362 g/mol. The number of rotatable bonds is 3. The Kier molecular flexibility index (Phi) is 4.59. The van der Waals surface area contributed by atoms with E-state index in [-0.39, 0.29) is 24.0 Å². The number of carbonyl (C=O) groups is 1. The maximum Gasteiger partial charge on any atom is 0.133 e. The van der Waals surface area contributed by atoms with E-state index in [1.807, 2.05) is 0 Å². The molecule has 4 saturated carbocycles. The van der Waals surface area contributed by atoms with Gasteiger partial charge in [0.2, 0.25) is 0 Å². The van der Waals surface area contributed by atoms with E-state index in [9.17, 15) is 15.0 Å². The third-order valence-electron chi connectivity index (χ3n) is 10.0. The number of Topliss-reactive ketones (excluding diaryl/α,β-unsaturated/α-hetero) is 1. The number of carbonyl (C=O) groups excluding carboxylic acids is 1. The van der Waals surface area contributed by atoms with E-state index in [4.69, 9.17) is 0 Å². The Balaban J connectivity index is 1.61. The molecule has 0 spiro atoms. The van der Waals surface area contributed by atoms with Crippen LogP contribution in [-0.4, -0.2) is 29.2 Å². The quantitative estimate of drug-likeness (QED) is 0.791. The fourth-order valence-corrected chi connectivity index (χ4v) is 8.46. The highest BCUT2D eigenvalue weighted by Gasteiger charge is 2.62. The zero-order valence-electron chi connectivity index (χ0n) is 17.0. The minimum atomic E-state index is -0.352. The Bertz CT molecular complexity index is 568. The average molecular weight is 363 g/mol. The van der Waals surface area contributed by atoms with E-state index in [0.717, 1.165) is 43.4 Å². The zero-order valence-corrected chi connectivity index (χ0v) is 17.0. The molecule has 148 valence electrons. The van der Waals surface area contributed by atoms with Gasteiger partial charge in [0.15, 0.2) is 0 Å².